The number of benzene rings is 2. The number of hydrogen-bond donors (Lipinski definition) is 2. The standard InChI is InChI=1S/C18H18ClFN2O3/c1-3-17(23)21-12-5-4-11(2)16(8-12)22-18(24)10-25-13-6-7-15(20)14(19)9-13/h4-9H,3,10H2,1-2H3,(H,21,23)(H,22,24). The lowest BCUT2D eigenvalue weighted by atomic mass is 10.1. The molecule has 2 N–H and O–H groups in total. The van der Waals surface area contributed by atoms with Gasteiger partial charge in [0.15, 0.2) is 6.61 Å². The van der Waals surface area contributed by atoms with Gasteiger partial charge < -0.3 is 15.4 Å². The molecule has 2 rings (SSSR count). The van der Waals surface area contributed by atoms with Crippen molar-refractivity contribution in [3.05, 3.63) is 52.8 Å². The first-order valence-corrected chi connectivity index (χ1v) is 8.05. The highest BCUT2D eigenvalue weighted by Crippen LogP contribution is 2.22. The van der Waals surface area contributed by atoms with Crippen molar-refractivity contribution >= 4 is 34.8 Å². The minimum Gasteiger partial charge on any atom is -0.484 e. The maximum absolute atomic E-state index is 13.1. The van der Waals surface area contributed by atoms with Crippen molar-refractivity contribution in [1.29, 1.82) is 0 Å². The van der Waals surface area contributed by atoms with Crippen LogP contribution in [0.2, 0.25) is 5.02 Å². The third-order valence-electron chi connectivity index (χ3n) is 3.38. The van der Waals surface area contributed by atoms with E-state index in [0.717, 1.165) is 5.56 Å². The summed E-state index contributed by atoms with van der Waals surface area (Å²) in [5.41, 5.74) is 2.01. The molecule has 0 atom stereocenters. The summed E-state index contributed by atoms with van der Waals surface area (Å²) in [4.78, 5) is 23.5. The summed E-state index contributed by atoms with van der Waals surface area (Å²) in [6.45, 7) is 3.33. The van der Waals surface area contributed by atoms with Gasteiger partial charge in [-0.1, -0.05) is 24.6 Å². The van der Waals surface area contributed by atoms with E-state index in [4.69, 9.17) is 16.3 Å². The fourth-order valence-electron chi connectivity index (χ4n) is 1.99. The van der Waals surface area contributed by atoms with Gasteiger partial charge in [0, 0.05) is 23.9 Å². The predicted octanol–water partition coefficient (Wildman–Crippen LogP) is 4.15. The van der Waals surface area contributed by atoms with Crippen molar-refractivity contribution in [3.8, 4) is 5.75 Å². The SMILES string of the molecule is CCC(=O)Nc1ccc(C)c(NC(=O)COc2ccc(F)c(Cl)c2)c1. The molecule has 0 unspecified atom stereocenters. The van der Waals surface area contributed by atoms with E-state index in [2.05, 4.69) is 10.6 Å². The van der Waals surface area contributed by atoms with Gasteiger partial charge in [0.25, 0.3) is 5.91 Å². The van der Waals surface area contributed by atoms with Crippen LogP contribution in [0.5, 0.6) is 5.75 Å². The van der Waals surface area contributed by atoms with Crippen LogP contribution in [0.3, 0.4) is 0 Å². The van der Waals surface area contributed by atoms with Crippen molar-refractivity contribution in [2.75, 3.05) is 17.2 Å². The van der Waals surface area contributed by atoms with Crippen molar-refractivity contribution in [3.63, 3.8) is 0 Å². The van der Waals surface area contributed by atoms with Gasteiger partial charge in [-0.05, 0) is 36.8 Å². The molecule has 0 bridgehead atoms. The first-order valence-electron chi connectivity index (χ1n) is 7.67. The summed E-state index contributed by atoms with van der Waals surface area (Å²) in [6, 6.07) is 9.09. The summed E-state index contributed by atoms with van der Waals surface area (Å²) in [7, 11) is 0. The summed E-state index contributed by atoms with van der Waals surface area (Å²) >= 11 is 5.66. The Labute approximate surface area is 150 Å². The number of halogens is 2. The Hall–Kier alpha value is -2.60. The van der Waals surface area contributed by atoms with Crippen LogP contribution in [0.4, 0.5) is 15.8 Å². The minimum absolute atomic E-state index is 0.0758. The van der Waals surface area contributed by atoms with Crippen LogP contribution in [-0.2, 0) is 9.59 Å². The average molecular weight is 365 g/mol. The number of carbonyl (C=O) groups is 2. The van der Waals surface area contributed by atoms with Crippen molar-refractivity contribution in [1.82, 2.24) is 0 Å². The second-order valence-electron chi connectivity index (χ2n) is 5.34. The second kappa shape index (κ2) is 8.48. The molecule has 0 saturated heterocycles. The summed E-state index contributed by atoms with van der Waals surface area (Å²) in [5, 5.41) is 5.37. The van der Waals surface area contributed by atoms with E-state index in [9.17, 15) is 14.0 Å². The lowest BCUT2D eigenvalue weighted by Gasteiger charge is -2.12. The Kier molecular flexibility index (Phi) is 6.36. The number of amides is 2. The molecule has 0 heterocycles. The van der Waals surface area contributed by atoms with Gasteiger partial charge in [-0.2, -0.15) is 0 Å². The van der Waals surface area contributed by atoms with Crippen LogP contribution in [0.1, 0.15) is 18.9 Å². The third-order valence-corrected chi connectivity index (χ3v) is 3.67. The Balaban J connectivity index is 1.98. The van der Waals surface area contributed by atoms with E-state index in [0.29, 0.717) is 23.5 Å². The van der Waals surface area contributed by atoms with Gasteiger partial charge in [-0.15, -0.1) is 0 Å². The quantitative estimate of drug-likeness (QED) is 0.809. The minimum atomic E-state index is -0.556. The second-order valence-corrected chi connectivity index (χ2v) is 5.75. The van der Waals surface area contributed by atoms with Crippen LogP contribution < -0.4 is 15.4 Å². The number of anilines is 2. The normalized spacial score (nSPS) is 10.2. The zero-order valence-corrected chi connectivity index (χ0v) is 14.6. The fourth-order valence-corrected chi connectivity index (χ4v) is 2.16. The Morgan fingerprint density at radius 1 is 1.12 bits per heavy atom. The van der Waals surface area contributed by atoms with Crippen molar-refractivity contribution in [2.24, 2.45) is 0 Å². The molecule has 25 heavy (non-hydrogen) atoms. The van der Waals surface area contributed by atoms with E-state index in [1.54, 1.807) is 25.1 Å². The number of ether oxygens (including phenoxy) is 1. The van der Waals surface area contributed by atoms with Gasteiger partial charge in [0.1, 0.15) is 11.6 Å². The summed E-state index contributed by atoms with van der Waals surface area (Å²) < 4.78 is 18.4. The topological polar surface area (TPSA) is 67.4 Å². The summed E-state index contributed by atoms with van der Waals surface area (Å²) in [6.07, 6.45) is 0.365. The Morgan fingerprint density at radius 3 is 2.56 bits per heavy atom. The average Bonchev–Trinajstić information content (AvgIpc) is 2.58. The van der Waals surface area contributed by atoms with E-state index < -0.39 is 5.82 Å². The maximum atomic E-state index is 13.1. The highest BCUT2D eigenvalue weighted by molar-refractivity contribution is 6.30. The van der Waals surface area contributed by atoms with Gasteiger partial charge in [0.2, 0.25) is 5.91 Å². The number of carbonyl (C=O) groups excluding carboxylic acids is 2. The first kappa shape index (κ1) is 18.7. The van der Waals surface area contributed by atoms with E-state index in [-0.39, 0.29) is 23.4 Å². The highest BCUT2D eigenvalue weighted by Gasteiger charge is 2.09. The summed E-state index contributed by atoms with van der Waals surface area (Å²) in [5.74, 6) is -0.762. The lowest BCUT2D eigenvalue weighted by molar-refractivity contribution is -0.118. The Bertz CT molecular complexity index is 796. The molecule has 7 heteroatoms. The van der Waals surface area contributed by atoms with E-state index >= 15 is 0 Å². The van der Waals surface area contributed by atoms with Crippen molar-refractivity contribution < 1.29 is 18.7 Å². The molecular formula is C18H18ClFN2O3. The van der Waals surface area contributed by atoms with Gasteiger partial charge >= 0.3 is 0 Å². The molecule has 2 aromatic rings. The smallest absolute Gasteiger partial charge is 0.262 e. The molecule has 0 aromatic heterocycles. The highest BCUT2D eigenvalue weighted by atomic mass is 35.5. The lowest BCUT2D eigenvalue weighted by Crippen LogP contribution is -2.21. The van der Waals surface area contributed by atoms with E-state index in [1.807, 2.05) is 6.92 Å². The third kappa shape index (κ3) is 5.46. The van der Waals surface area contributed by atoms with Gasteiger partial charge in [0.05, 0.1) is 5.02 Å². The zero-order valence-electron chi connectivity index (χ0n) is 13.9. The van der Waals surface area contributed by atoms with Crippen LogP contribution in [0.15, 0.2) is 36.4 Å². The molecule has 0 saturated carbocycles. The molecule has 0 fully saturated rings. The number of aryl methyl sites for hydroxylation is 1. The molecule has 0 aliphatic heterocycles. The largest absolute Gasteiger partial charge is 0.484 e. The fraction of sp³-hybridized carbons (Fsp3) is 0.222. The number of nitrogens with one attached hydrogen (secondary N) is 2. The monoisotopic (exact) mass is 364 g/mol. The first-order chi connectivity index (χ1) is 11.9. The molecule has 132 valence electrons. The maximum Gasteiger partial charge on any atom is 0.262 e. The van der Waals surface area contributed by atoms with Gasteiger partial charge in [-0.25, -0.2) is 4.39 Å². The molecule has 2 amide bonds. The molecule has 0 aliphatic rings. The number of rotatable bonds is 6. The van der Waals surface area contributed by atoms with E-state index in [1.165, 1.54) is 18.2 Å². The van der Waals surface area contributed by atoms with Crippen LogP contribution in [0.25, 0.3) is 0 Å². The number of hydrogen-bond acceptors (Lipinski definition) is 3. The van der Waals surface area contributed by atoms with Crippen LogP contribution in [-0.4, -0.2) is 18.4 Å². The molecule has 2 aromatic carbocycles. The molecular weight excluding hydrogens is 347 g/mol. The molecule has 0 spiro atoms. The van der Waals surface area contributed by atoms with Crippen LogP contribution in [0, 0.1) is 12.7 Å². The molecule has 0 aliphatic carbocycles. The zero-order chi connectivity index (χ0) is 18.4. The predicted molar refractivity (Wildman–Crippen MR) is 95.6 cm³/mol. The van der Waals surface area contributed by atoms with Gasteiger partial charge in [-0.3, -0.25) is 9.59 Å². The molecule has 0 radical (unpaired) electrons. The Morgan fingerprint density at radius 2 is 1.88 bits per heavy atom. The molecule has 5 nitrogen and oxygen atoms in total. The van der Waals surface area contributed by atoms with Crippen molar-refractivity contribution in [2.45, 2.75) is 20.3 Å². The van der Waals surface area contributed by atoms with Crippen LogP contribution >= 0.6 is 11.6 Å².